The van der Waals surface area contributed by atoms with Gasteiger partial charge in [0.1, 0.15) is 11.6 Å². The number of fused-ring (bicyclic) bond motifs is 2. The average Bonchev–Trinajstić information content (AvgIpc) is 3.16. The van der Waals surface area contributed by atoms with Crippen LogP contribution in [0, 0.1) is 12.7 Å². The minimum absolute atomic E-state index is 0.285. The maximum absolute atomic E-state index is 13.3. The number of hydrogen-bond acceptors (Lipinski definition) is 4. The Balaban J connectivity index is 1.65. The molecule has 28 heavy (non-hydrogen) atoms. The second-order valence-electron chi connectivity index (χ2n) is 6.72. The van der Waals surface area contributed by atoms with Crippen LogP contribution in [0.15, 0.2) is 66.9 Å². The van der Waals surface area contributed by atoms with E-state index in [9.17, 15) is 4.39 Å². The molecule has 0 aliphatic heterocycles. The Bertz CT molecular complexity index is 1310. The summed E-state index contributed by atoms with van der Waals surface area (Å²) in [4.78, 5) is 9.42. The van der Waals surface area contributed by atoms with E-state index in [0.717, 1.165) is 38.6 Å². The summed E-state index contributed by atoms with van der Waals surface area (Å²) in [6, 6.07) is 18.2. The van der Waals surface area contributed by atoms with E-state index < -0.39 is 0 Å². The smallest absolute Gasteiger partial charge is 0.162 e. The van der Waals surface area contributed by atoms with Crippen molar-refractivity contribution in [3.8, 4) is 11.4 Å². The molecule has 0 spiro atoms. The van der Waals surface area contributed by atoms with Gasteiger partial charge in [-0.3, -0.25) is 5.10 Å². The molecule has 0 fully saturated rings. The highest BCUT2D eigenvalue weighted by molar-refractivity contribution is 5.93. The van der Waals surface area contributed by atoms with Gasteiger partial charge >= 0.3 is 0 Å². The van der Waals surface area contributed by atoms with E-state index in [2.05, 4.69) is 15.5 Å². The summed E-state index contributed by atoms with van der Waals surface area (Å²) in [5, 5.41) is 12.3. The van der Waals surface area contributed by atoms with Crippen molar-refractivity contribution in [3.05, 3.63) is 78.2 Å². The number of rotatable bonds is 3. The zero-order valence-electron chi connectivity index (χ0n) is 15.1. The van der Waals surface area contributed by atoms with Crippen molar-refractivity contribution in [2.45, 2.75) is 6.92 Å². The first-order chi connectivity index (χ1) is 13.7. The third kappa shape index (κ3) is 2.95. The van der Waals surface area contributed by atoms with Gasteiger partial charge < -0.3 is 5.32 Å². The highest BCUT2D eigenvalue weighted by Crippen LogP contribution is 2.29. The zero-order chi connectivity index (χ0) is 19.1. The van der Waals surface area contributed by atoms with Crippen LogP contribution >= 0.6 is 0 Å². The Morgan fingerprint density at radius 2 is 1.79 bits per heavy atom. The van der Waals surface area contributed by atoms with E-state index in [1.54, 1.807) is 18.3 Å². The molecule has 0 unspecified atom stereocenters. The molecule has 0 radical (unpaired) electrons. The third-order valence-electron chi connectivity index (χ3n) is 4.66. The summed E-state index contributed by atoms with van der Waals surface area (Å²) in [7, 11) is 0. The molecule has 0 aliphatic rings. The number of aryl methyl sites for hydroxylation is 1. The van der Waals surface area contributed by atoms with Gasteiger partial charge in [0.15, 0.2) is 5.82 Å². The van der Waals surface area contributed by atoms with Crippen molar-refractivity contribution in [1.29, 1.82) is 0 Å². The Morgan fingerprint density at radius 3 is 2.64 bits per heavy atom. The lowest BCUT2D eigenvalue weighted by Crippen LogP contribution is -1.99. The van der Waals surface area contributed by atoms with Crippen molar-refractivity contribution < 1.29 is 4.39 Å². The molecule has 3 aromatic carbocycles. The van der Waals surface area contributed by atoms with Gasteiger partial charge in [0.05, 0.1) is 17.2 Å². The average molecular weight is 369 g/mol. The number of aromatic amines is 1. The molecule has 5 rings (SSSR count). The van der Waals surface area contributed by atoms with Crippen molar-refractivity contribution in [1.82, 2.24) is 20.2 Å². The lowest BCUT2D eigenvalue weighted by atomic mass is 10.1. The van der Waals surface area contributed by atoms with E-state index in [-0.39, 0.29) is 5.82 Å². The number of benzene rings is 3. The number of aromatic nitrogens is 4. The van der Waals surface area contributed by atoms with E-state index in [1.165, 1.54) is 12.1 Å². The molecule has 0 saturated carbocycles. The summed E-state index contributed by atoms with van der Waals surface area (Å²) in [5.74, 6) is 0.962. The van der Waals surface area contributed by atoms with Gasteiger partial charge in [-0.05, 0) is 67.1 Å². The number of H-pyrrole nitrogens is 1. The molecular weight excluding hydrogens is 353 g/mol. The minimum atomic E-state index is -0.285. The summed E-state index contributed by atoms with van der Waals surface area (Å²) >= 11 is 0. The van der Waals surface area contributed by atoms with Crippen molar-refractivity contribution in [2.24, 2.45) is 0 Å². The molecule has 0 saturated heterocycles. The van der Waals surface area contributed by atoms with Crippen LogP contribution in [-0.2, 0) is 0 Å². The highest BCUT2D eigenvalue weighted by Gasteiger charge is 2.11. The number of nitrogens with one attached hydrogen (secondary N) is 2. The molecule has 0 bridgehead atoms. The number of nitrogens with zero attached hydrogens (tertiary/aromatic N) is 3. The van der Waals surface area contributed by atoms with Gasteiger partial charge in [-0.1, -0.05) is 6.07 Å². The van der Waals surface area contributed by atoms with Crippen LogP contribution < -0.4 is 5.32 Å². The SMILES string of the molecule is Cc1ccc2c(Nc3ccc4[nH]ncc4c3)nc(-c3ccc(F)cc3)nc2c1. The predicted molar refractivity (Wildman–Crippen MR) is 109 cm³/mol. The lowest BCUT2D eigenvalue weighted by Gasteiger charge is -2.12. The highest BCUT2D eigenvalue weighted by atomic mass is 19.1. The summed E-state index contributed by atoms with van der Waals surface area (Å²) in [6.45, 7) is 2.03. The van der Waals surface area contributed by atoms with Crippen LogP contribution in [0.4, 0.5) is 15.9 Å². The van der Waals surface area contributed by atoms with Crippen LogP contribution in [-0.4, -0.2) is 20.2 Å². The van der Waals surface area contributed by atoms with Crippen LogP contribution in [0.1, 0.15) is 5.56 Å². The van der Waals surface area contributed by atoms with E-state index >= 15 is 0 Å². The second-order valence-corrected chi connectivity index (χ2v) is 6.72. The van der Waals surface area contributed by atoms with E-state index in [0.29, 0.717) is 11.6 Å². The Hall–Kier alpha value is -3.80. The van der Waals surface area contributed by atoms with Gasteiger partial charge in [-0.15, -0.1) is 0 Å². The maximum Gasteiger partial charge on any atom is 0.162 e. The van der Waals surface area contributed by atoms with Crippen molar-refractivity contribution >= 4 is 33.3 Å². The predicted octanol–water partition coefficient (Wildman–Crippen LogP) is 5.36. The van der Waals surface area contributed by atoms with Gasteiger partial charge in [0.2, 0.25) is 0 Å². The number of hydrogen-bond donors (Lipinski definition) is 2. The van der Waals surface area contributed by atoms with E-state index in [4.69, 9.17) is 9.97 Å². The van der Waals surface area contributed by atoms with Crippen molar-refractivity contribution in [2.75, 3.05) is 5.32 Å². The Morgan fingerprint density at radius 1 is 0.929 bits per heavy atom. The summed E-state index contributed by atoms with van der Waals surface area (Å²) in [5.41, 5.74) is 4.58. The number of anilines is 2. The first kappa shape index (κ1) is 16.4. The monoisotopic (exact) mass is 369 g/mol. The number of halogens is 1. The summed E-state index contributed by atoms with van der Waals surface area (Å²) < 4.78 is 13.3. The second kappa shape index (κ2) is 6.42. The fourth-order valence-corrected chi connectivity index (χ4v) is 3.22. The van der Waals surface area contributed by atoms with Crippen LogP contribution in [0.2, 0.25) is 0 Å². The molecule has 5 aromatic rings. The topological polar surface area (TPSA) is 66.5 Å². The molecule has 2 heterocycles. The quantitative estimate of drug-likeness (QED) is 0.449. The fraction of sp³-hybridized carbons (Fsp3) is 0.0455. The van der Waals surface area contributed by atoms with Gasteiger partial charge in [-0.2, -0.15) is 5.10 Å². The summed E-state index contributed by atoms with van der Waals surface area (Å²) in [6.07, 6.45) is 1.78. The Labute approximate surface area is 160 Å². The minimum Gasteiger partial charge on any atom is -0.340 e. The van der Waals surface area contributed by atoms with Crippen LogP contribution in [0.5, 0.6) is 0 Å². The maximum atomic E-state index is 13.3. The largest absolute Gasteiger partial charge is 0.340 e. The molecule has 0 aliphatic carbocycles. The molecule has 0 atom stereocenters. The molecule has 5 nitrogen and oxygen atoms in total. The normalized spacial score (nSPS) is 11.2. The lowest BCUT2D eigenvalue weighted by molar-refractivity contribution is 0.628. The fourth-order valence-electron chi connectivity index (χ4n) is 3.22. The molecule has 2 N–H and O–H groups in total. The van der Waals surface area contributed by atoms with E-state index in [1.807, 2.05) is 43.3 Å². The molecule has 0 amide bonds. The first-order valence-corrected chi connectivity index (χ1v) is 8.90. The zero-order valence-corrected chi connectivity index (χ0v) is 15.1. The van der Waals surface area contributed by atoms with Gasteiger partial charge in [-0.25, -0.2) is 14.4 Å². The standard InChI is InChI=1S/C22H16FN5/c1-13-2-8-18-20(10-13)26-21(14-3-5-16(23)6-4-14)27-22(18)25-17-7-9-19-15(11-17)12-24-28-19/h2-12H,1H3,(H,24,28)(H,25,26,27). The molecule has 2 aromatic heterocycles. The molecular formula is C22H16FN5. The molecule has 6 heteroatoms. The van der Waals surface area contributed by atoms with Crippen molar-refractivity contribution in [3.63, 3.8) is 0 Å². The Kier molecular flexibility index (Phi) is 3.76. The molecule has 136 valence electrons. The first-order valence-electron chi connectivity index (χ1n) is 8.90. The van der Waals surface area contributed by atoms with Crippen LogP contribution in [0.3, 0.4) is 0 Å². The third-order valence-corrected chi connectivity index (χ3v) is 4.66. The van der Waals surface area contributed by atoms with Gasteiger partial charge in [0, 0.05) is 22.0 Å². The van der Waals surface area contributed by atoms with Crippen LogP contribution in [0.25, 0.3) is 33.2 Å². The van der Waals surface area contributed by atoms with Gasteiger partial charge in [0.25, 0.3) is 0 Å².